The first-order valence-electron chi connectivity index (χ1n) is 12.7. The Hall–Kier alpha value is -4.01. The summed E-state index contributed by atoms with van der Waals surface area (Å²) in [4.78, 5) is 24.1. The zero-order valence-corrected chi connectivity index (χ0v) is 20.6. The summed E-state index contributed by atoms with van der Waals surface area (Å²) in [5.41, 5.74) is 4.32. The third kappa shape index (κ3) is 5.26. The van der Waals surface area contributed by atoms with Gasteiger partial charge in [0.05, 0.1) is 25.3 Å². The highest BCUT2D eigenvalue weighted by molar-refractivity contribution is 5.99. The minimum absolute atomic E-state index is 0.0282. The Kier molecular flexibility index (Phi) is 6.66. The lowest BCUT2D eigenvalue weighted by atomic mass is 10.1. The monoisotopic (exact) mass is 495 g/mol. The molecule has 2 aliphatic rings. The number of aromatic nitrogens is 2. The van der Waals surface area contributed by atoms with Gasteiger partial charge in [0.1, 0.15) is 11.6 Å². The Morgan fingerprint density at radius 2 is 1.89 bits per heavy atom. The summed E-state index contributed by atoms with van der Waals surface area (Å²) < 4.78 is 11.5. The Morgan fingerprint density at radius 3 is 2.81 bits per heavy atom. The van der Waals surface area contributed by atoms with Crippen molar-refractivity contribution in [3.05, 3.63) is 77.9 Å². The molecule has 0 radical (unpaired) electrons. The summed E-state index contributed by atoms with van der Waals surface area (Å²) in [6.45, 7) is 5.82. The minimum Gasteiger partial charge on any atom is -0.494 e. The molecule has 8 nitrogen and oxygen atoms in total. The van der Waals surface area contributed by atoms with Gasteiger partial charge in [-0.2, -0.15) is 0 Å². The number of hydrogen-bond donors (Lipinski definition) is 2. The van der Waals surface area contributed by atoms with Gasteiger partial charge >= 0.3 is 0 Å². The Labute approximate surface area is 215 Å². The molecule has 0 unspecified atom stereocenters. The highest BCUT2D eigenvalue weighted by atomic mass is 16.5. The number of hydrogen-bond acceptors (Lipinski definition) is 7. The van der Waals surface area contributed by atoms with Gasteiger partial charge in [-0.25, -0.2) is 9.97 Å². The third-order valence-electron chi connectivity index (χ3n) is 6.74. The highest BCUT2D eigenvalue weighted by Gasteiger charge is 2.19. The second kappa shape index (κ2) is 10.5. The summed E-state index contributed by atoms with van der Waals surface area (Å²) >= 11 is 0. The van der Waals surface area contributed by atoms with Gasteiger partial charge in [-0.05, 0) is 54.4 Å². The number of benzene rings is 3. The SMILES string of the molecule is O=C1NCc2cc(Nc3nc(-c4cccc(OCCCN5CCOCC5)c4)nc4ccccc34)ccc21. The molecule has 37 heavy (non-hydrogen) atoms. The zero-order valence-electron chi connectivity index (χ0n) is 20.6. The first kappa shape index (κ1) is 23.4. The van der Waals surface area contributed by atoms with Crippen LogP contribution in [0.5, 0.6) is 5.75 Å². The molecule has 0 saturated carbocycles. The van der Waals surface area contributed by atoms with Crippen LogP contribution in [0.2, 0.25) is 0 Å². The maximum atomic E-state index is 11.9. The van der Waals surface area contributed by atoms with E-state index in [-0.39, 0.29) is 5.91 Å². The lowest BCUT2D eigenvalue weighted by molar-refractivity contribution is 0.0358. The van der Waals surface area contributed by atoms with Crippen LogP contribution in [0.25, 0.3) is 22.3 Å². The second-order valence-electron chi connectivity index (χ2n) is 9.28. The molecule has 0 atom stereocenters. The minimum atomic E-state index is -0.0282. The smallest absolute Gasteiger partial charge is 0.251 e. The molecular formula is C29H29N5O3. The Morgan fingerprint density at radius 1 is 1.00 bits per heavy atom. The summed E-state index contributed by atoms with van der Waals surface area (Å²) in [7, 11) is 0. The molecule has 188 valence electrons. The van der Waals surface area contributed by atoms with E-state index < -0.39 is 0 Å². The van der Waals surface area contributed by atoms with Gasteiger partial charge in [-0.1, -0.05) is 24.3 Å². The lowest BCUT2D eigenvalue weighted by Gasteiger charge is -2.26. The van der Waals surface area contributed by atoms with E-state index in [1.807, 2.05) is 66.7 Å². The predicted molar refractivity (Wildman–Crippen MR) is 143 cm³/mol. The van der Waals surface area contributed by atoms with E-state index in [1.54, 1.807) is 0 Å². The van der Waals surface area contributed by atoms with Gasteiger partial charge in [0, 0.05) is 48.4 Å². The predicted octanol–water partition coefficient (Wildman–Crippen LogP) is 4.38. The van der Waals surface area contributed by atoms with Crippen molar-refractivity contribution in [1.82, 2.24) is 20.2 Å². The van der Waals surface area contributed by atoms with Gasteiger partial charge in [-0.3, -0.25) is 9.69 Å². The number of carbonyl (C=O) groups excluding carboxylic acids is 1. The summed E-state index contributed by atoms with van der Waals surface area (Å²) in [6.07, 6.45) is 0.965. The normalized spacial score (nSPS) is 15.4. The van der Waals surface area contributed by atoms with Crippen LogP contribution >= 0.6 is 0 Å². The van der Waals surface area contributed by atoms with Crippen molar-refractivity contribution in [2.45, 2.75) is 13.0 Å². The van der Waals surface area contributed by atoms with Gasteiger partial charge in [0.15, 0.2) is 5.82 Å². The van der Waals surface area contributed by atoms with E-state index in [1.165, 1.54) is 0 Å². The fourth-order valence-electron chi connectivity index (χ4n) is 4.78. The standard InChI is InChI=1S/C29H29N5O3/c35-29-24-10-9-22(17-21(24)19-30-29)31-28-25-7-1-2-8-26(25)32-27(33-28)20-5-3-6-23(18-20)37-14-4-11-34-12-15-36-16-13-34/h1-3,5-10,17-18H,4,11-16,19H2,(H,30,35)(H,31,32,33). The molecule has 8 heteroatoms. The summed E-state index contributed by atoms with van der Waals surface area (Å²) in [5.74, 6) is 2.12. The molecule has 1 fully saturated rings. The van der Waals surface area contributed by atoms with Gasteiger partial charge in [0.25, 0.3) is 5.91 Å². The van der Waals surface area contributed by atoms with Crippen molar-refractivity contribution in [1.29, 1.82) is 0 Å². The number of anilines is 2. The Balaban J connectivity index is 1.21. The molecule has 2 N–H and O–H groups in total. The quantitative estimate of drug-likeness (QED) is 0.351. The molecule has 0 spiro atoms. The van der Waals surface area contributed by atoms with Crippen LogP contribution in [-0.2, 0) is 11.3 Å². The third-order valence-corrected chi connectivity index (χ3v) is 6.74. The molecule has 1 amide bonds. The summed E-state index contributed by atoms with van der Waals surface area (Å²) in [5, 5.41) is 7.25. The van der Waals surface area contributed by atoms with Gasteiger partial charge < -0.3 is 20.1 Å². The van der Waals surface area contributed by atoms with E-state index in [9.17, 15) is 4.79 Å². The van der Waals surface area contributed by atoms with Crippen molar-refractivity contribution in [3.63, 3.8) is 0 Å². The average Bonchev–Trinajstić information content (AvgIpc) is 3.31. The number of fused-ring (bicyclic) bond motifs is 2. The average molecular weight is 496 g/mol. The molecule has 0 aliphatic carbocycles. The van der Waals surface area contributed by atoms with Crippen LogP contribution in [0, 0.1) is 0 Å². The molecule has 4 aromatic rings. The molecular weight excluding hydrogens is 466 g/mol. The van der Waals surface area contributed by atoms with E-state index in [2.05, 4.69) is 15.5 Å². The molecule has 6 rings (SSSR count). The van der Waals surface area contributed by atoms with E-state index in [4.69, 9.17) is 19.4 Å². The number of amides is 1. The van der Waals surface area contributed by atoms with Crippen LogP contribution in [0.3, 0.4) is 0 Å². The first-order chi connectivity index (χ1) is 18.2. The molecule has 3 heterocycles. The fraction of sp³-hybridized carbons (Fsp3) is 0.276. The van der Waals surface area contributed by atoms with Crippen LogP contribution in [0.1, 0.15) is 22.3 Å². The number of nitrogens with zero attached hydrogens (tertiary/aromatic N) is 3. The van der Waals surface area contributed by atoms with Crippen LogP contribution < -0.4 is 15.4 Å². The number of morpholine rings is 1. The van der Waals surface area contributed by atoms with Crippen molar-refractivity contribution >= 4 is 28.3 Å². The van der Waals surface area contributed by atoms with Crippen molar-refractivity contribution < 1.29 is 14.3 Å². The van der Waals surface area contributed by atoms with Crippen LogP contribution in [-0.4, -0.2) is 60.2 Å². The maximum absolute atomic E-state index is 11.9. The number of carbonyl (C=O) groups is 1. The first-order valence-corrected chi connectivity index (χ1v) is 12.7. The molecule has 1 saturated heterocycles. The number of nitrogens with one attached hydrogen (secondary N) is 2. The highest BCUT2D eigenvalue weighted by Crippen LogP contribution is 2.30. The van der Waals surface area contributed by atoms with Crippen LogP contribution in [0.4, 0.5) is 11.5 Å². The van der Waals surface area contributed by atoms with E-state index in [0.29, 0.717) is 19.0 Å². The number of para-hydroxylation sites is 1. The number of ether oxygens (including phenoxy) is 2. The van der Waals surface area contributed by atoms with Gasteiger partial charge in [-0.15, -0.1) is 0 Å². The van der Waals surface area contributed by atoms with Crippen molar-refractivity contribution in [2.24, 2.45) is 0 Å². The Bertz CT molecular complexity index is 1430. The molecule has 3 aromatic carbocycles. The van der Waals surface area contributed by atoms with Crippen molar-refractivity contribution in [2.75, 3.05) is 44.8 Å². The summed E-state index contributed by atoms with van der Waals surface area (Å²) in [6, 6.07) is 21.6. The number of rotatable bonds is 8. The largest absolute Gasteiger partial charge is 0.494 e. The van der Waals surface area contributed by atoms with Crippen molar-refractivity contribution in [3.8, 4) is 17.1 Å². The molecule has 1 aromatic heterocycles. The van der Waals surface area contributed by atoms with E-state index >= 15 is 0 Å². The van der Waals surface area contributed by atoms with Gasteiger partial charge in [0.2, 0.25) is 0 Å². The topological polar surface area (TPSA) is 88.6 Å². The lowest BCUT2D eigenvalue weighted by Crippen LogP contribution is -2.37. The second-order valence-corrected chi connectivity index (χ2v) is 9.28. The van der Waals surface area contributed by atoms with Crippen LogP contribution in [0.15, 0.2) is 66.7 Å². The maximum Gasteiger partial charge on any atom is 0.251 e. The molecule has 0 bridgehead atoms. The zero-order chi connectivity index (χ0) is 25.0. The fourth-order valence-corrected chi connectivity index (χ4v) is 4.78. The van der Waals surface area contributed by atoms with E-state index in [0.717, 1.165) is 84.1 Å². The molecule has 2 aliphatic heterocycles.